The Kier molecular flexibility index (Phi) is 18.4. The number of rotatable bonds is 13. The Labute approximate surface area is 355 Å². The van der Waals surface area contributed by atoms with Crippen LogP contribution in [0.1, 0.15) is 88.0 Å². The Bertz CT molecular complexity index is 1510. The molecule has 2 heterocycles. The van der Waals surface area contributed by atoms with E-state index in [4.69, 9.17) is 39.6 Å². The molecule has 61 heavy (non-hydrogen) atoms. The summed E-state index contributed by atoms with van der Waals surface area (Å²) in [6.07, 6.45) is -18.5. The van der Waals surface area contributed by atoms with Crippen LogP contribution < -0.4 is 21.3 Å². The first-order valence-corrected chi connectivity index (χ1v) is 20.1. The first-order valence-electron chi connectivity index (χ1n) is 20.1. The van der Waals surface area contributed by atoms with Gasteiger partial charge in [0.1, 0.15) is 77.8 Å². The fraction of sp³-hybridized carbons (Fsp3) is 0.846. The maximum atomic E-state index is 13.2. The number of ether oxygens (including phenoxy) is 7. The summed E-state index contributed by atoms with van der Waals surface area (Å²) in [4.78, 5) is 51.6. The number of aliphatic hydroxyl groups excluding tert-OH is 7. The number of nitrogens with one attached hydrogen (secondary N) is 4. The molecule has 0 aromatic carbocycles. The van der Waals surface area contributed by atoms with Crippen LogP contribution in [-0.4, -0.2) is 182 Å². The Balaban J connectivity index is 2.03. The lowest BCUT2D eigenvalue weighted by atomic mass is 9.83. The van der Waals surface area contributed by atoms with E-state index in [1.807, 2.05) is 0 Å². The zero-order chi connectivity index (χ0) is 46.2. The molecule has 22 heteroatoms. The van der Waals surface area contributed by atoms with Crippen LogP contribution in [0.25, 0.3) is 0 Å². The number of unbranched alkanes of at least 4 members (excludes halogenated alkanes) is 1. The van der Waals surface area contributed by atoms with Crippen molar-refractivity contribution in [3.05, 3.63) is 0 Å². The Hall–Kier alpha value is -3.60. The molecule has 0 radical (unpaired) electrons. The second-order valence-corrected chi connectivity index (χ2v) is 18.2. The van der Waals surface area contributed by atoms with Gasteiger partial charge in [0.2, 0.25) is 5.91 Å². The van der Waals surface area contributed by atoms with E-state index in [0.717, 1.165) is 0 Å². The zero-order valence-corrected chi connectivity index (χ0v) is 36.1. The van der Waals surface area contributed by atoms with E-state index in [9.17, 15) is 54.9 Å². The van der Waals surface area contributed by atoms with Crippen molar-refractivity contribution in [1.29, 1.82) is 0 Å². The summed E-state index contributed by atoms with van der Waals surface area (Å²) >= 11 is 0. The normalized spacial score (nSPS) is 34.6. The molecule has 3 rings (SSSR count). The molecule has 4 amide bonds. The number of aliphatic hydroxyl groups is 7. The van der Waals surface area contributed by atoms with E-state index >= 15 is 0 Å². The van der Waals surface area contributed by atoms with Crippen LogP contribution >= 0.6 is 0 Å². The number of terminal acetylenes is 1. The van der Waals surface area contributed by atoms with Gasteiger partial charge >= 0.3 is 18.3 Å². The van der Waals surface area contributed by atoms with E-state index < -0.39 is 139 Å². The Morgan fingerprint density at radius 2 is 1.10 bits per heavy atom. The lowest BCUT2D eigenvalue weighted by Gasteiger charge is -2.49. The number of amides is 4. The fourth-order valence-electron chi connectivity index (χ4n) is 6.73. The van der Waals surface area contributed by atoms with Gasteiger partial charge in [-0.25, -0.2) is 14.4 Å². The van der Waals surface area contributed by atoms with Crippen molar-refractivity contribution in [2.75, 3.05) is 13.2 Å². The van der Waals surface area contributed by atoms with Gasteiger partial charge in [-0.3, -0.25) is 4.79 Å². The second kappa shape index (κ2) is 21.7. The van der Waals surface area contributed by atoms with Crippen molar-refractivity contribution in [2.45, 2.75) is 197 Å². The van der Waals surface area contributed by atoms with Crippen LogP contribution in [0.2, 0.25) is 0 Å². The molecule has 3 aliphatic rings. The van der Waals surface area contributed by atoms with Crippen molar-refractivity contribution in [2.24, 2.45) is 0 Å². The van der Waals surface area contributed by atoms with E-state index in [2.05, 4.69) is 27.2 Å². The lowest BCUT2D eigenvalue weighted by Crippen LogP contribution is -2.70. The monoisotopic (exact) mass is 878 g/mol. The summed E-state index contributed by atoms with van der Waals surface area (Å²) in [6, 6.07) is -4.24. The minimum absolute atomic E-state index is 0.0551. The second-order valence-electron chi connectivity index (χ2n) is 18.2. The average molecular weight is 879 g/mol. The standard InChI is InChI=1S/C39H66N4O18/c1-11-12-13-14-22(45)40-16-20-25(47)27(49)28(50)33(55-20)58-31-19(42-35(53)60-38(5,6)7)15-18(41-34(52)59-37(2,3)4)30(29(31)51)57-32-26(48)23(24(46)21(17-44)56-32)43-36(54)61-39(8,9)10/h1,18-21,23-33,44,46-51H,12-17H2,2-10H3,(H,40,45)(H,41,52)(H,42,53)(H,43,54)/t18-,19?,20?,21?,23?,24+,25-,26?,27+,28?,29-,30?,31-,32+,33-/m1/s1. The van der Waals surface area contributed by atoms with Gasteiger partial charge < -0.3 is 90.2 Å². The molecule has 0 spiro atoms. The third kappa shape index (κ3) is 15.6. The first-order chi connectivity index (χ1) is 28.1. The molecule has 3 fully saturated rings. The molecule has 350 valence electrons. The SMILES string of the molecule is C#CCCCC(=O)NCC1O[C@H](O[C@@H]2C(NC(=O)OC(C)(C)C)C[C@@H](NC(=O)OC(C)(C)C)C(O[C@@H]3OC(CO)[C@H](O)C(NC(=O)OC(C)(C)C)C3O)[C@H]2O)C(O)[C@@H](O)[C@@H]1O. The summed E-state index contributed by atoms with van der Waals surface area (Å²) in [7, 11) is 0. The van der Waals surface area contributed by atoms with E-state index in [-0.39, 0.29) is 19.4 Å². The molecule has 0 aromatic heterocycles. The van der Waals surface area contributed by atoms with Crippen LogP contribution in [0.15, 0.2) is 0 Å². The predicted octanol–water partition coefficient (Wildman–Crippen LogP) is -1.63. The molecular weight excluding hydrogens is 812 g/mol. The third-order valence-corrected chi connectivity index (χ3v) is 9.42. The molecule has 0 bridgehead atoms. The van der Waals surface area contributed by atoms with Crippen LogP contribution in [0.5, 0.6) is 0 Å². The summed E-state index contributed by atoms with van der Waals surface area (Å²) in [6.45, 7) is 13.1. The van der Waals surface area contributed by atoms with Gasteiger partial charge in [0.25, 0.3) is 0 Å². The summed E-state index contributed by atoms with van der Waals surface area (Å²) in [5.41, 5.74) is -3.01. The van der Waals surface area contributed by atoms with Crippen LogP contribution in [0, 0.1) is 12.3 Å². The van der Waals surface area contributed by atoms with E-state index in [0.29, 0.717) is 12.8 Å². The number of hydrogen-bond acceptors (Lipinski definition) is 18. The highest BCUT2D eigenvalue weighted by molar-refractivity contribution is 5.75. The largest absolute Gasteiger partial charge is 0.444 e. The minimum atomic E-state index is -1.99. The Morgan fingerprint density at radius 1 is 0.639 bits per heavy atom. The maximum absolute atomic E-state index is 13.2. The predicted molar refractivity (Wildman–Crippen MR) is 210 cm³/mol. The van der Waals surface area contributed by atoms with Gasteiger partial charge in [-0.1, -0.05) is 0 Å². The molecule has 15 atom stereocenters. The topological polar surface area (TPSA) is 323 Å². The number of hydrogen-bond donors (Lipinski definition) is 11. The van der Waals surface area contributed by atoms with E-state index in [1.54, 1.807) is 62.3 Å². The highest BCUT2D eigenvalue weighted by Gasteiger charge is 2.54. The molecule has 1 saturated carbocycles. The number of carbonyl (C=O) groups is 4. The van der Waals surface area contributed by atoms with Gasteiger partial charge in [-0.2, -0.15) is 0 Å². The summed E-state index contributed by atoms with van der Waals surface area (Å²) in [5, 5.41) is 87.5. The quantitative estimate of drug-likeness (QED) is 0.0562. The van der Waals surface area contributed by atoms with Crippen molar-refractivity contribution >= 4 is 24.2 Å². The van der Waals surface area contributed by atoms with Gasteiger partial charge in [0, 0.05) is 19.4 Å². The van der Waals surface area contributed by atoms with Crippen LogP contribution in [0.4, 0.5) is 14.4 Å². The molecular formula is C39H66N4O18. The van der Waals surface area contributed by atoms with Gasteiger partial charge in [-0.15, -0.1) is 12.3 Å². The number of carbonyl (C=O) groups excluding carboxylic acids is 4. The summed E-state index contributed by atoms with van der Waals surface area (Å²) in [5.74, 6) is 1.98. The van der Waals surface area contributed by atoms with Crippen molar-refractivity contribution in [1.82, 2.24) is 21.3 Å². The molecule has 22 nitrogen and oxygen atoms in total. The van der Waals surface area contributed by atoms with Gasteiger partial charge in [0.15, 0.2) is 12.6 Å². The average Bonchev–Trinajstić information content (AvgIpc) is 3.11. The molecule has 11 N–H and O–H groups in total. The van der Waals surface area contributed by atoms with Crippen molar-refractivity contribution in [3.63, 3.8) is 0 Å². The van der Waals surface area contributed by atoms with Gasteiger partial charge in [0.05, 0.1) is 24.7 Å². The minimum Gasteiger partial charge on any atom is -0.444 e. The molecule has 7 unspecified atom stereocenters. The summed E-state index contributed by atoms with van der Waals surface area (Å²) < 4.78 is 40.0. The highest BCUT2D eigenvalue weighted by atomic mass is 16.7. The number of alkyl carbamates (subject to hydrolysis) is 3. The zero-order valence-electron chi connectivity index (χ0n) is 36.1. The third-order valence-electron chi connectivity index (χ3n) is 9.42. The van der Waals surface area contributed by atoms with E-state index in [1.165, 1.54) is 0 Å². The lowest BCUT2D eigenvalue weighted by molar-refractivity contribution is -0.334. The molecule has 0 aromatic rings. The maximum Gasteiger partial charge on any atom is 0.408 e. The highest BCUT2D eigenvalue weighted by Crippen LogP contribution is 2.33. The Morgan fingerprint density at radius 3 is 1.56 bits per heavy atom. The fourth-order valence-corrected chi connectivity index (χ4v) is 6.73. The van der Waals surface area contributed by atoms with Crippen molar-refractivity contribution in [3.8, 4) is 12.3 Å². The smallest absolute Gasteiger partial charge is 0.408 e. The van der Waals surface area contributed by atoms with Crippen molar-refractivity contribution < 1.29 is 88.1 Å². The van der Waals surface area contributed by atoms with Crippen LogP contribution in [0.3, 0.4) is 0 Å². The first kappa shape index (κ1) is 51.7. The molecule has 1 aliphatic carbocycles. The van der Waals surface area contributed by atoms with Crippen LogP contribution in [-0.2, 0) is 38.0 Å². The van der Waals surface area contributed by atoms with Gasteiger partial charge in [-0.05, 0) is 75.2 Å². The molecule has 2 aliphatic heterocycles. The molecule has 2 saturated heterocycles.